The number of methoxy groups -OCH3 is 1. The predicted molar refractivity (Wildman–Crippen MR) is 112 cm³/mol. The molecule has 0 radical (unpaired) electrons. The highest BCUT2D eigenvalue weighted by Crippen LogP contribution is 2.42. The first-order valence-corrected chi connectivity index (χ1v) is 10.2. The Labute approximate surface area is 180 Å². The molecule has 1 aliphatic heterocycles. The minimum Gasteiger partial charge on any atom is -0.507 e. The van der Waals surface area contributed by atoms with Gasteiger partial charge in [0.1, 0.15) is 23.1 Å². The molecule has 3 aromatic rings. The SMILES string of the molecule is COc1ccc(F)cc1/C(O)=C1\C(=O)C(=O)N(Cc2cccs2)C1c1ccc(F)cc1. The Bertz CT molecular complexity index is 1170. The van der Waals surface area contributed by atoms with Gasteiger partial charge in [-0.05, 0) is 47.3 Å². The summed E-state index contributed by atoms with van der Waals surface area (Å²) in [4.78, 5) is 28.0. The number of carbonyl (C=O) groups excluding carboxylic acids is 2. The standard InChI is InChI=1S/C23H17F2NO4S/c1-30-18-9-8-15(25)11-17(18)21(27)19-20(13-4-6-14(24)7-5-13)26(23(29)22(19)28)12-16-3-2-10-31-16/h2-11,20,27H,12H2,1H3/b21-19+. The van der Waals surface area contributed by atoms with Crippen molar-refractivity contribution in [3.8, 4) is 5.75 Å². The summed E-state index contributed by atoms with van der Waals surface area (Å²) >= 11 is 1.41. The van der Waals surface area contributed by atoms with E-state index < -0.39 is 35.1 Å². The maximum atomic E-state index is 13.9. The summed E-state index contributed by atoms with van der Waals surface area (Å²) < 4.78 is 32.6. The van der Waals surface area contributed by atoms with Crippen molar-refractivity contribution < 1.29 is 28.2 Å². The number of ketones is 1. The molecule has 2 aromatic carbocycles. The minimum atomic E-state index is -0.976. The number of halogens is 2. The molecule has 5 nitrogen and oxygen atoms in total. The average Bonchev–Trinajstić information content (AvgIpc) is 3.36. The number of likely N-dealkylation sites (tertiary alicyclic amines) is 1. The molecule has 1 saturated heterocycles. The number of nitrogens with zero attached hydrogens (tertiary/aromatic N) is 1. The fourth-order valence-corrected chi connectivity index (χ4v) is 4.32. The fourth-order valence-electron chi connectivity index (χ4n) is 3.62. The molecule has 8 heteroatoms. The molecule has 1 unspecified atom stereocenters. The Balaban J connectivity index is 1.91. The van der Waals surface area contributed by atoms with E-state index in [0.29, 0.717) is 5.56 Å². The largest absolute Gasteiger partial charge is 0.507 e. The third-order valence-electron chi connectivity index (χ3n) is 5.05. The summed E-state index contributed by atoms with van der Waals surface area (Å²) in [6, 6.07) is 11.5. The highest BCUT2D eigenvalue weighted by molar-refractivity contribution is 7.09. The van der Waals surface area contributed by atoms with Gasteiger partial charge in [-0.25, -0.2) is 8.78 Å². The number of ether oxygens (including phenoxy) is 1. The molecule has 2 heterocycles. The Hall–Kier alpha value is -3.52. The lowest BCUT2D eigenvalue weighted by atomic mass is 9.95. The van der Waals surface area contributed by atoms with Crippen LogP contribution < -0.4 is 4.74 Å². The summed E-state index contributed by atoms with van der Waals surface area (Å²) in [6.45, 7) is 0.126. The van der Waals surface area contributed by atoms with E-state index in [2.05, 4.69) is 0 Å². The first kappa shape index (κ1) is 20.7. The van der Waals surface area contributed by atoms with Crippen molar-refractivity contribution in [2.75, 3.05) is 7.11 Å². The quantitative estimate of drug-likeness (QED) is 0.355. The predicted octanol–water partition coefficient (Wildman–Crippen LogP) is 4.66. The lowest BCUT2D eigenvalue weighted by molar-refractivity contribution is -0.140. The van der Waals surface area contributed by atoms with Gasteiger partial charge in [-0.3, -0.25) is 9.59 Å². The van der Waals surface area contributed by atoms with Crippen LogP contribution in [0.3, 0.4) is 0 Å². The molecule has 0 bridgehead atoms. The van der Waals surface area contributed by atoms with Crippen LogP contribution in [0, 0.1) is 11.6 Å². The Kier molecular flexibility index (Phi) is 5.56. The molecule has 1 N–H and O–H groups in total. The summed E-state index contributed by atoms with van der Waals surface area (Å²) in [5.41, 5.74) is 0.176. The van der Waals surface area contributed by atoms with Crippen molar-refractivity contribution >= 4 is 28.8 Å². The molecular weight excluding hydrogens is 424 g/mol. The molecule has 1 amide bonds. The van der Waals surface area contributed by atoms with Crippen molar-refractivity contribution in [2.45, 2.75) is 12.6 Å². The van der Waals surface area contributed by atoms with Gasteiger partial charge in [-0.2, -0.15) is 0 Å². The van der Waals surface area contributed by atoms with Gasteiger partial charge in [0.05, 0.1) is 30.8 Å². The number of amides is 1. The third kappa shape index (κ3) is 3.82. The monoisotopic (exact) mass is 441 g/mol. The van der Waals surface area contributed by atoms with Gasteiger partial charge in [0.15, 0.2) is 0 Å². The molecule has 1 fully saturated rings. The molecule has 31 heavy (non-hydrogen) atoms. The molecule has 1 aromatic heterocycles. The van der Waals surface area contributed by atoms with Crippen LogP contribution >= 0.6 is 11.3 Å². The van der Waals surface area contributed by atoms with Crippen LogP contribution in [0.4, 0.5) is 8.78 Å². The summed E-state index contributed by atoms with van der Waals surface area (Å²) in [7, 11) is 1.34. The molecule has 0 aliphatic carbocycles. The Morgan fingerprint density at radius 3 is 2.45 bits per heavy atom. The first-order chi connectivity index (χ1) is 14.9. The fraction of sp³-hybridized carbons (Fsp3) is 0.130. The second-order valence-corrected chi connectivity index (χ2v) is 7.93. The van der Waals surface area contributed by atoms with Gasteiger partial charge >= 0.3 is 0 Å². The zero-order valence-corrected chi connectivity index (χ0v) is 17.2. The van der Waals surface area contributed by atoms with Crippen LogP contribution in [0.2, 0.25) is 0 Å². The number of carbonyl (C=O) groups is 2. The van der Waals surface area contributed by atoms with Crippen molar-refractivity contribution in [3.05, 3.63) is 93.2 Å². The number of benzene rings is 2. The van der Waals surface area contributed by atoms with E-state index in [4.69, 9.17) is 4.74 Å². The van der Waals surface area contributed by atoms with Crippen LogP contribution in [-0.4, -0.2) is 28.8 Å². The zero-order chi connectivity index (χ0) is 22.1. The number of aliphatic hydroxyl groups excluding tert-OH is 1. The van der Waals surface area contributed by atoms with E-state index in [-0.39, 0.29) is 23.4 Å². The van der Waals surface area contributed by atoms with E-state index in [9.17, 15) is 23.5 Å². The number of thiophene rings is 1. The zero-order valence-electron chi connectivity index (χ0n) is 16.3. The molecule has 0 saturated carbocycles. The van der Waals surface area contributed by atoms with Gasteiger partial charge < -0.3 is 14.7 Å². The highest BCUT2D eigenvalue weighted by atomic mass is 32.1. The van der Waals surface area contributed by atoms with E-state index in [0.717, 1.165) is 17.0 Å². The second-order valence-electron chi connectivity index (χ2n) is 6.90. The molecule has 0 spiro atoms. The normalized spacial score (nSPS) is 17.9. The first-order valence-electron chi connectivity index (χ1n) is 9.31. The van der Waals surface area contributed by atoms with Crippen molar-refractivity contribution in [2.24, 2.45) is 0 Å². The number of rotatable bonds is 5. The van der Waals surface area contributed by atoms with Crippen molar-refractivity contribution in [3.63, 3.8) is 0 Å². The van der Waals surface area contributed by atoms with Crippen LogP contribution in [0.15, 0.2) is 65.6 Å². The smallest absolute Gasteiger partial charge is 0.295 e. The summed E-state index contributed by atoms with van der Waals surface area (Å²) in [6.07, 6.45) is 0. The van der Waals surface area contributed by atoms with E-state index >= 15 is 0 Å². The van der Waals surface area contributed by atoms with Crippen LogP contribution in [-0.2, 0) is 16.1 Å². The Morgan fingerprint density at radius 2 is 1.81 bits per heavy atom. The number of hydrogen-bond acceptors (Lipinski definition) is 5. The van der Waals surface area contributed by atoms with Crippen molar-refractivity contribution in [1.29, 1.82) is 0 Å². The number of Topliss-reactive ketones (excluding diaryl/α,β-unsaturated/α-hetero) is 1. The maximum Gasteiger partial charge on any atom is 0.295 e. The van der Waals surface area contributed by atoms with E-state index in [1.807, 2.05) is 17.5 Å². The van der Waals surface area contributed by atoms with Crippen LogP contribution in [0.1, 0.15) is 22.0 Å². The lowest BCUT2D eigenvalue weighted by Crippen LogP contribution is -2.28. The van der Waals surface area contributed by atoms with Crippen LogP contribution in [0.25, 0.3) is 5.76 Å². The number of aliphatic hydroxyl groups is 1. The van der Waals surface area contributed by atoms with Crippen molar-refractivity contribution in [1.82, 2.24) is 4.90 Å². The summed E-state index contributed by atoms with van der Waals surface area (Å²) in [5, 5.41) is 12.9. The molecule has 1 aliphatic rings. The highest BCUT2D eigenvalue weighted by Gasteiger charge is 2.46. The summed E-state index contributed by atoms with van der Waals surface area (Å²) in [5.74, 6) is -3.26. The molecule has 1 atom stereocenters. The van der Waals surface area contributed by atoms with Gasteiger partial charge in [0.25, 0.3) is 11.7 Å². The number of hydrogen-bond donors (Lipinski definition) is 1. The topological polar surface area (TPSA) is 66.8 Å². The van der Waals surface area contributed by atoms with Gasteiger partial charge in [-0.15, -0.1) is 11.3 Å². The van der Waals surface area contributed by atoms with Gasteiger partial charge in [0, 0.05) is 4.88 Å². The molecule has 4 rings (SSSR count). The second kappa shape index (κ2) is 8.31. The third-order valence-corrected chi connectivity index (χ3v) is 5.91. The van der Waals surface area contributed by atoms with E-state index in [1.165, 1.54) is 53.7 Å². The molecular formula is C23H17F2NO4S. The molecule has 158 valence electrons. The maximum absolute atomic E-state index is 13.9. The van der Waals surface area contributed by atoms with Crippen LogP contribution in [0.5, 0.6) is 5.75 Å². The minimum absolute atomic E-state index is 0.0521. The van der Waals surface area contributed by atoms with Gasteiger partial charge in [0.2, 0.25) is 0 Å². The lowest BCUT2D eigenvalue weighted by Gasteiger charge is -2.25. The Morgan fingerprint density at radius 1 is 1.10 bits per heavy atom. The van der Waals surface area contributed by atoms with E-state index in [1.54, 1.807) is 0 Å². The average molecular weight is 441 g/mol. The van der Waals surface area contributed by atoms with Gasteiger partial charge in [-0.1, -0.05) is 18.2 Å².